The molecule has 0 aromatic heterocycles. The number of hydrogen-bond acceptors (Lipinski definition) is 3. The van der Waals surface area contributed by atoms with Crippen molar-refractivity contribution in [2.24, 2.45) is 0 Å². The first kappa shape index (κ1) is 18.6. The summed E-state index contributed by atoms with van der Waals surface area (Å²) in [6, 6.07) is 16.4. The van der Waals surface area contributed by atoms with Gasteiger partial charge in [-0.2, -0.15) is 0 Å². The second-order valence-corrected chi connectivity index (χ2v) is 6.64. The maximum absolute atomic E-state index is 12.0. The van der Waals surface area contributed by atoms with Gasteiger partial charge in [0.25, 0.3) is 5.91 Å². The lowest BCUT2D eigenvalue weighted by Crippen LogP contribution is -2.24. The Morgan fingerprint density at radius 1 is 0.958 bits per heavy atom. The van der Waals surface area contributed by atoms with E-state index in [1.54, 1.807) is 11.8 Å². The average molecular weight is 343 g/mol. The first-order valence-electron chi connectivity index (χ1n) is 8.43. The highest BCUT2D eigenvalue weighted by Crippen LogP contribution is 2.14. The second-order valence-electron chi connectivity index (χ2n) is 5.76. The van der Waals surface area contributed by atoms with Crippen molar-refractivity contribution >= 4 is 17.7 Å². The first-order valence-corrected chi connectivity index (χ1v) is 9.66. The number of hydrogen-bond donors (Lipinski definition) is 2. The number of benzene rings is 2. The van der Waals surface area contributed by atoms with E-state index in [2.05, 4.69) is 48.1 Å². The number of thioether (sulfide) groups is 1. The molecule has 4 heteroatoms. The Kier molecular flexibility index (Phi) is 7.86. The van der Waals surface area contributed by atoms with Gasteiger partial charge in [-0.3, -0.25) is 4.79 Å². The van der Waals surface area contributed by atoms with Crippen LogP contribution in [-0.4, -0.2) is 18.7 Å². The summed E-state index contributed by atoms with van der Waals surface area (Å²) in [4.78, 5) is 13.2. The molecule has 0 spiro atoms. The summed E-state index contributed by atoms with van der Waals surface area (Å²) in [5.74, 6) is 0.0110. The highest BCUT2D eigenvalue weighted by Gasteiger charge is 2.04. The zero-order valence-corrected chi connectivity index (χ0v) is 15.3. The maximum Gasteiger partial charge on any atom is 0.251 e. The largest absolute Gasteiger partial charge is 0.352 e. The van der Waals surface area contributed by atoms with Crippen molar-refractivity contribution in [2.75, 3.05) is 12.8 Å². The van der Waals surface area contributed by atoms with Gasteiger partial charge in [-0.15, -0.1) is 11.8 Å². The monoisotopic (exact) mass is 342 g/mol. The van der Waals surface area contributed by atoms with Crippen molar-refractivity contribution in [1.82, 2.24) is 10.6 Å². The average Bonchev–Trinajstić information content (AvgIpc) is 2.63. The fraction of sp³-hybridized carbons (Fsp3) is 0.350. The molecule has 0 saturated heterocycles. The highest BCUT2D eigenvalue weighted by molar-refractivity contribution is 7.98. The van der Waals surface area contributed by atoms with Gasteiger partial charge in [-0.1, -0.05) is 37.6 Å². The van der Waals surface area contributed by atoms with Crippen molar-refractivity contribution in [1.29, 1.82) is 0 Å². The minimum absolute atomic E-state index is 0.0110. The molecule has 0 aliphatic heterocycles. The number of nitrogens with one attached hydrogen (secondary N) is 2. The van der Waals surface area contributed by atoms with Gasteiger partial charge in [-0.25, -0.2) is 0 Å². The molecule has 0 aliphatic carbocycles. The van der Waals surface area contributed by atoms with Crippen LogP contribution >= 0.6 is 11.8 Å². The van der Waals surface area contributed by atoms with Crippen molar-refractivity contribution < 1.29 is 4.79 Å². The molecule has 2 aromatic carbocycles. The number of rotatable bonds is 9. The van der Waals surface area contributed by atoms with E-state index in [0.717, 1.165) is 38.0 Å². The van der Waals surface area contributed by atoms with Gasteiger partial charge in [-0.05, 0) is 48.1 Å². The van der Waals surface area contributed by atoms with E-state index in [-0.39, 0.29) is 5.91 Å². The van der Waals surface area contributed by atoms with E-state index < -0.39 is 0 Å². The van der Waals surface area contributed by atoms with Gasteiger partial charge in [0.2, 0.25) is 0 Å². The summed E-state index contributed by atoms with van der Waals surface area (Å²) < 4.78 is 0. The van der Waals surface area contributed by atoms with Gasteiger partial charge < -0.3 is 10.6 Å². The zero-order valence-electron chi connectivity index (χ0n) is 14.5. The van der Waals surface area contributed by atoms with Crippen LogP contribution < -0.4 is 10.6 Å². The minimum atomic E-state index is 0.0110. The third-order valence-corrected chi connectivity index (χ3v) is 4.59. The van der Waals surface area contributed by atoms with Crippen LogP contribution in [0.5, 0.6) is 0 Å². The molecule has 0 atom stereocenters. The maximum atomic E-state index is 12.0. The van der Waals surface area contributed by atoms with Crippen molar-refractivity contribution in [3.63, 3.8) is 0 Å². The second kappa shape index (κ2) is 10.2. The van der Waals surface area contributed by atoms with Crippen LogP contribution in [0.3, 0.4) is 0 Å². The minimum Gasteiger partial charge on any atom is -0.352 e. The summed E-state index contributed by atoms with van der Waals surface area (Å²) in [7, 11) is 0. The Balaban J connectivity index is 1.77. The molecule has 0 radical (unpaired) electrons. The van der Waals surface area contributed by atoms with Gasteiger partial charge >= 0.3 is 0 Å². The van der Waals surface area contributed by atoms with Crippen molar-refractivity contribution in [3.05, 3.63) is 65.2 Å². The molecule has 0 unspecified atom stereocenters. The van der Waals surface area contributed by atoms with E-state index in [1.807, 2.05) is 24.3 Å². The SMILES string of the molecule is CCCCNC(=O)c1ccc(CNCc2ccc(SC)cc2)cc1. The van der Waals surface area contributed by atoms with Gasteiger partial charge in [0.1, 0.15) is 0 Å². The molecule has 0 aliphatic rings. The summed E-state index contributed by atoms with van der Waals surface area (Å²) in [5.41, 5.74) is 3.18. The lowest BCUT2D eigenvalue weighted by atomic mass is 10.1. The molecule has 0 bridgehead atoms. The van der Waals surface area contributed by atoms with Gasteiger partial charge in [0, 0.05) is 30.1 Å². The van der Waals surface area contributed by atoms with E-state index >= 15 is 0 Å². The van der Waals surface area contributed by atoms with Crippen LogP contribution in [0.15, 0.2) is 53.4 Å². The number of carbonyl (C=O) groups is 1. The molecule has 24 heavy (non-hydrogen) atoms. The molecule has 1 amide bonds. The molecular formula is C20H26N2OS. The predicted molar refractivity (Wildman–Crippen MR) is 102 cm³/mol. The van der Waals surface area contributed by atoms with Crippen molar-refractivity contribution in [3.8, 4) is 0 Å². The summed E-state index contributed by atoms with van der Waals surface area (Å²) in [6.45, 7) is 4.50. The van der Waals surface area contributed by atoms with E-state index in [4.69, 9.17) is 0 Å². The lowest BCUT2D eigenvalue weighted by molar-refractivity contribution is 0.0953. The quantitative estimate of drug-likeness (QED) is 0.529. The van der Waals surface area contributed by atoms with Crippen LogP contribution in [0.2, 0.25) is 0 Å². The topological polar surface area (TPSA) is 41.1 Å². The zero-order chi connectivity index (χ0) is 17.2. The third-order valence-electron chi connectivity index (χ3n) is 3.85. The van der Waals surface area contributed by atoms with Crippen LogP contribution in [0.1, 0.15) is 41.3 Å². The first-order chi connectivity index (χ1) is 11.7. The summed E-state index contributed by atoms with van der Waals surface area (Å²) in [6.07, 6.45) is 4.19. The van der Waals surface area contributed by atoms with Crippen molar-refractivity contribution in [2.45, 2.75) is 37.8 Å². The molecule has 0 fully saturated rings. The Morgan fingerprint density at radius 3 is 2.08 bits per heavy atom. The van der Waals surface area contributed by atoms with Gasteiger partial charge in [0.05, 0.1) is 0 Å². The highest BCUT2D eigenvalue weighted by atomic mass is 32.2. The normalized spacial score (nSPS) is 10.6. The number of amides is 1. The van der Waals surface area contributed by atoms with E-state index in [9.17, 15) is 4.79 Å². The molecule has 128 valence electrons. The van der Waals surface area contributed by atoms with Crippen LogP contribution in [0.25, 0.3) is 0 Å². The molecule has 0 heterocycles. The molecule has 0 saturated carbocycles. The Labute approximate surface area is 149 Å². The third kappa shape index (κ3) is 6.02. The standard InChI is InChI=1S/C20H26N2OS/c1-3-4-13-22-20(23)18-9-5-16(6-10-18)14-21-15-17-7-11-19(24-2)12-8-17/h5-12,21H,3-4,13-15H2,1-2H3,(H,22,23). The van der Waals surface area contributed by atoms with Crippen LogP contribution in [0.4, 0.5) is 0 Å². The van der Waals surface area contributed by atoms with E-state index in [0.29, 0.717) is 0 Å². The summed E-state index contributed by atoms with van der Waals surface area (Å²) >= 11 is 1.75. The molecular weight excluding hydrogens is 316 g/mol. The van der Waals surface area contributed by atoms with Crippen LogP contribution in [0, 0.1) is 0 Å². The Morgan fingerprint density at radius 2 is 1.54 bits per heavy atom. The molecule has 3 nitrogen and oxygen atoms in total. The Bertz CT molecular complexity index is 623. The molecule has 2 aromatic rings. The lowest BCUT2D eigenvalue weighted by Gasteiger charge is -2.08. The fourth-order valence-electron chi connectivity index (χ4n) is 2.35. The fourth-order valence-corrected chi connectivity index (χ4v) is 2.76. The predicted octanol–water partition coefficient (Wildman–Crippen LogP) is 4.23. The smallest absolute Gasteiger partial charge is 0.251 e. The molecule has 2 N–H and O–H groups in total. The summed E-state index contributed by atoms with van der Waals surface area (Å²) in [5, 5.41) is 6.38. The van der Waals surface area contributed by atoms with E-state index in [1.165, 1.54) is 16.0 Å². The molecule has 2 rings (SSSR count). The number of carbonyl (C=O) groups excluding carboxylic acids is 1. The number of unbranched alkanes of at least 4 members (excludes halogenated alkanes) is 1. The van der Waals surface area contributed by atoms with Gasteiger partial charge in [0.15, 0.2) is 0 Å². The van der Waals surface area contributed by atoms with Crippen LogP contribution in [-0.2, 0) is 13.1 Å². The Hall–Kier alpha value is -1.78.